The quantitative estimate of drug-likeness (QED) is 0.218. The summed E-state index contributed by atoms with van der Waals surface area (Å²) in [6.45, 7) is 0. The molecule has 2 aromatic rings. The van der Waals surface area contributed by atoms with Gasteiger partial charge < -0.3 is 31.9 Å². The van der Waals surface area contributed by atoms with Crippen LogP contribution in [0.1, 0.15) is 46.4 Å². The summed E-state index contributed by atoms with van der Waals surface area (Å²) in [5.74, 6) is -4.71. The smallest absolute Gasteiger partial charge is 0.872 e. The Morgan fingerprint density at radius 3 is 1.24 bits per heavy atom. The molecule has 0 heterocycles. The molecule has 208 valence electrons. The molecule has 3 rings (SSSR count). The molecule has 0 aliphatic heterocycles. The first-order valence-electron chi connectivity index (χ1n) is 10.00. The van der Waals surface area contributed by atoms with Gasteiger partial charge in [-0.3, -0.25) is 9.11 Å². The van der Waals surface area contributed by atoms with Gasteiger partial charge in [-0.2, -0.15) is 16.8 Å². The number of carboxylic acid groups (broad SMARTS) is 2. The Hall–Kier alpha value is -2.59. The first-order valence-corrected chi connectivity index (χ1v) is 12.9. The van der Waals surface area contributed by atoms with Crippen LogP contribution < -0.4 is 21.7 Å². The second-order valence-electron chi connectivity index (χ2n) is 7.49. The van der Waals surface area contributed by atoms with Crippen molar-refractivity contribution in [2.75, 3.05) is 0 Å². The number of carboxylic acids is 2. The maximum absolute atomic E-state index is 10.9. The molecular weight excluding hydrogens is 719 g/mol. The van der Waals surface area contributed by atoms with Crippen LogP contribution in [0, 0.1) is 0 Å². The largest absolute Gasteiger partial charge is 2.00 e. The molecule has 2 atom stereocenters. The molecule has 17 heteroatoms. The van der Waals surface area contributed by atoms with Crippen molar-refractivity contribution in [3.05, 3.63) is 47.5 Å². The summed E-state index contributed by atoms with van der Waals surface area (Å²) in [5.41, 5.74) is 9.92. The van der Waals surface area contributed by atoms with Crippen molar-refractivity contribution in [2.45, 2.75) is 47.6 Å². The molecule has 1 aliphatic rings. The van der Waals surface area contributed by atoms with Gasteiger partial charge in [0.15, 0.2) is 0 Å². The molecule has 0 saturated heterocycles. The third-order valence-corrected chi connectivity index (χ3v) is 6.53. The number of hydrogen-bond acceptors (Lipinski definition) is 10. The Bertz CT molecular complexity index is 1220. The molecule has 37 heavy (non-hydrogen) atoms. The minimum Gasteiger partial charge on any atom is -0.872 e. The van der Waals surface area contributed by atoms with E-state index >= 15 is 0 Å². The monoisotopic (exact) mass is 743 g/mol. The van der Waals surface area contributed by atoms with E-state index < -0.39 is 64.6 Å². The summed E-state index contributed by atoms with van der Waals surface area (Å²) in [7, 11) is -8.96. The maximum atomic E-state index is 10.9. The van der Waals surface area contributed by atoms with Crippen molar-refractivity contribution in [2.24, 2.45) is 11.5 Å². The summed E-state index contributed by atoms with van der Waals surface area (Å²) < 4.78 is 59.4. The van der Waals surface area contributed by atoms with Crippen LogP contribution in [0.4, 0.5) is 0 Å². The Balaban J connectivity index is 0.000000538. The maximum Gasteiger partial charge on any atom is 2.00 e. The van der Waals surface area contributed by atoms with Crippen LogP contribution in [-0.4, -0.2) is 60.2 Å². The molecule has 0 unspecified atom stereocenters. The van der Waals surface area contributed by atoms with Gasteiger partial charge in [0, 0.05) is 12.1 Å². The molecule has 1 saturated carbocycles. The molecule has 1 fully saturated rings. The van der Waals surface area contributed by atoms with Gasteiger partial charge in [-0.1, -0.05) is 36.5 Å². The van der Waals surface area contributed by atoms with Gasteiger partial charge in [-0.15, -0.1) is 0 Å². The van der Waals surface area contributed by atoms with E-state index in [-0.39, 0.29) is 33.1 Å². The van der Waals surface area contributed by atoms with Crippen molar-refractivity contribution in [1.29, 1.82) is 0 Å². The van der Waals surface area contributed by atoms with Crippen molar-refractivity contribution in [1.82, 2.24) is 0 Å². The fourth-order valence-corrected chi connectivity index (χ4v) is 3.88. The van der Waals surface area contributed by atoms with Crippen molar-refractivity contribution in [3.8, 4) is 11.5 Å². The summed E-state index contributed by atoms with van der Waals surface area (Å²) in [4.78, 5) is 19.6. The molecule has 0 spiro atoms. The molecule has 0 bridgehead atoms. The number of rotatable bonds is 4. The fourth-order valence-electron chi connectivity index (χ4n) is 2.86. The number of nitrogens with two attached hydrogens (primary N) is 2. The normalized spacial score (nSPS) is 17.1. The van der Waals surface area contributed by atoms with E-state index in [1.54, 1.807) is 0 Å². The summed E-state index contributed by atoms with van der Waals surface area (Å²) in [5, 5.41) is 38.7. The van der Waals surface area contributed by atoms with Crippen LogP contribution in [0.25, 0.3) is 0 Å². The van der Waals surface area contributed by atoms with Crippen LogP contribution in [0.2, 0.25) is 0 Å². The van der Waals surface area contributed by atoms with Crippen LogP contribution in [-0.2, 0) is 41.3 Å². The van der Waals surface area contributed by atoms with Gasteiger partial charge >= 0.3 is 33.0 Å². The fraction of sp³-hybridized carbons (Fsp3) is 0.300. The van der Waals surface area contributed by atoms with Gasteiger partial charge in [0.2, 0.25) is 0 Å². The van der Waals surface area contributed by atoms with E-state index in [1.807, 2.05) is 0 Å². The van der Waals surface area contributed by atoms with Gasteiger partial charge in [-0.25, -0.2) is 9.59 Å². The van der Waals surface area contributed by atoms with E-state index in [9.17, 15) is 36.6 Å². The molecule has 2 aromatic carbocycles. The predicted molar refractivity (Wildman–Crippen MR) is 120 cm³/mol. The molecule has 0 aromatic heterocycles. The second-order valence-corrected chi connectivity index (χ2v) is 10.3. The summed E-state index contributed by atoms with van der Waals surface area (Å²) in [6, 6.07) is 5.00. The molecule has 0 amide bonds. The zero-order chi connectivity index (χ0) is 27.8. The van der Waals surface area contributed by atoms with Gasteiger partial charge in [0.1, 0.15) is 0 Å². The zero-order valence-electron chi connectivity index (χ0n) is 18.8. The second kappa shape index (κ2) is 14.4. The molecule has 14 nitrogen and oxygen atoms in total. The Morgan fingerprint density at radius 1 is 0.730 bits per heavy atom. The molecule has 0 radical (unpaired) electrons. The number of hydrogen-bond donors (Lipinski definition) is 6. The first kappa shape index (κ1) is 34.4. The van der Waals surface area contributed by atoms with Crippen molar-refractivity contribution < 1.29 is 77.0 Å². The van der Waals surface area contributed by atoms with Gasteiger partial charge in [0.05, 0.1) is 20.9 Å². The standard InChI is InChI=1S/2C7H6O6S.C6H14N2.Pt/c2*8-6-2-1-4(14(11,12)13)3-5(6)7(9)10;7-5-3-1-2-4-6(5)8;/h2*1-3,8H,(H,9,10)(H,11,12,13);5-6H,1-4,7-8H2;/q;;;+2/p-2/t;;5-,6-;/m..1./s1. The van der Waals surface area contributed by atoms with E-state index in [4.69, 9.17) is 30.8 Å². The minimum absolute atomic E-state index is 0. The third kappa shape index (κ3) is 11.1. The molecular formula is C20H24N2O12PtS2. The average Bonchev–Trinajstić information content (AvgIpc) is 2.75. The molecule has 8 N–H and O–H groups in total. The van der Waals surface area contributed by atoms with Crippen molar-refractivity contribution >= 4 is 32.2 Å². The topological polar surface area (TPSA) is 281 Å². The van der Waals surface area contributed by atoms with E-state index in [2.05, 4.69) is 0 Å². The Labute approximate surface area is 226 Å². The van der Waals surface area contributed by atoms with Crippen LogP contribution in [0.15, 0.2) is 46.2 Å². The number of benzene rings is 2. The number of carbonyl (C=O) groups is 2. The van der Waals surface area contributed by atoms with Gasteiger partial charge in [-0.05, 0) is 37.1 Å². The summed E-state index contributed by atoms with van der Waals surface area (Å²) in [6.07, 6.45) is 4.80. The zero-order valence-corrected chi connectivity index (χ0v) is 22.7. The van der Waals surface area contributed by atoms with Crippen LogP contribution in [0.5, 0.6) is 11.5 Å². The van der Waals surface area contributed by atoms with Gasteiger partial charge in [0.25, 0.3) is 20.2 Å². The van der Waals surface area contributed by atoms with Crippen LogP contribution in [0.3, 0.4) is 0 Å². The summed E-state index contributed by atoms with van der Waals surface area (Å²) >= 11 is 0. The minimum atomic E-state index is -4.48. The van der Waals surface area contributed by atoms with E-state index in [0.717, 1.165) is 37.1 Å². The first-order chi connectivity index (χ1) is 16.4. The van der Waals surface area contributed by atoms with Crippen LogP contribution >= 0.6 is 0 Å². The molecule has 1 aliphatic carbocycles. The number of aromatic carboxylic acids is 2. The Kier molecular flexibility index (Phi) is 13.4. The third-order valence-electron chi connectivity index (χ3n) is 4.83. The van der Waals surface area contributed by atoms with Crippen molar-refractivity contribution in [3.63, 3.8) is 0 Å². The van der Waals surface area contributed by atoms with E-state index in [0.29, 0.717) is 12.1 Å². The Morgan fingerprint density at radius 2 is 1.03 bits per heavy atom. The SMILES string of the molecule is N[C@@H]1CCCC[C@H]1N.O=C(O)c1cc(S(=O)(=O)O)ccc1[O-].O=C(O)c1cc(S(=O)(=O)O)ccc1[O-].[Pt+2]. The van der Waals surface area contributed by atoms with E-state index in [1.165, 1.54) is 12.8 Å². The predicted octanol–water partition coefficient (Wildman–Crippen LogP) is -0.377. The average molecular weight is 744 g/mol.